The Morgan fingerprint density at radius 2 is 1.68 bits per heavy atom. The fourth-order valence-corrected chi connectivity index (χ4v) is 2.88. The molecular formula is C18H26F6N2O5. The number of aliphatic hydroxyl groups is 1. The zero-order valence-electron chi connectivity index (χ0n) is 17.6. The number of esters is 1. The largest absolute Gasteiger partial charge is 0.460 e. The third kappa shape index (κ3) is 6.97. The van der Waals surface area contributed by atoms with Crippen LogP contribution in [-0.2, 0) is 19.2 Å². The van der Waals surface area contributed by atoms with Crippen molar-refractivity contribution in [1.82, 2.24) is 5.32 Å². The number of hydrogen-bond donors (Lipinski definition) is 2. The fraction of sp³-hybridized carbons (Fsp3) is 0.833. The van der Waals surface area contributed by atoms with E-state index in [4.69, 9.17) is 4.74 Å². The molecule has 1 amide bonds. The Kier molecular flexibility index (Phi) is 8.02. The molecule has 0 radical (unpaired) electrons. The lowest BCUT2D eigenvalue weighted by molar-refractivity contribution is -0.392. The van der Waals surface area contributed by atoms with Crippen LogP contribution in [0.4, 0.5) is 26.3 Å². The van der Waals surface area contributed by atoms with Gasteiger partial charge < -0.3 is 20.0 Å². The summed E-state index contributed by atoms with van der Waals surface area (Å²) in [4.78, 5) is 28.6. The molecule has 0 aliphatic carbocycles. The van der Waals surface area contributed by atoms with Crippen LogP contribution in [-0.4, -0.2) is 58.4 Å². The molecule has 1 aliphatic heterocycles. The lowest BCUT2D eigenvalue weighted by Crippen LogP contribution is -2.64. The monoisotopic (exact) mass is 464 g/mol. The Bertz CT molecular complexity index is 683. The van der Waals surface area contributed by atoms with Gasteiger partial charge in [0.15, 0.2) is 6.10 Å². The first-order valence-corrected chi connectivity index (χ1v) is 9.39. The molecule has 2 N–H and O–H groups in total. The van der Waals surface area contributed by atoms with E-state index in [9.17, 15) is 41.0 Å². The smallest absolute Gasteiger partial charge is 0.430 e. The van der Waals surface area contributed by atoms with Crippen LogP contribution in [0.15, 0.2) is 5.16 Å². The van der Waals surface area contributed by atoms with E-state index in [1.54, 1.807) is 34.6 Å². The van der Waals surface area contributed by atoms with E-state index < -0.39 is 59.7 Å². The van der Waals surface area contributed by atoms with Crippen molar-refractivity contribution in [3.63, 3.8) is 0 Å². The quantitative estimate of drug-likeness (QED) is 0.445. The van der Waals surface area contributed by atoms with Gasteiger partial charge in [0.25, 0.3) is 11.5 Å². The van der Waals surface area contributed by atoms with Crippen molar-refractivity contribution < 1.29 is 50.6 Å². The summed E-state index contributed by atoms with van der Waals surface area (Å²) in [5, 5.41) is 14.7. The van der Waals surface area contributed by atoms with Crippen LogP contribution in [0, 0.1) is 5.92 Å². The number of oxime groups is 1. The molecule has 0 saturated heterocycles. The maximum absolute atomic E-state index is 13.0. The minimum atomic E-state index is -6.12. The molecule has 7 nitrogen and oxygen atoms in total. The minimum absolute atomic E-state index is 0.0113. The topological polar surface area (TPSA) is 97.2 Å². The van der Waals surface area contributed by atoms with Gasteiger partial charge in [-0.3, -0.25) is 9.59 Å². The number of carbonyl (C=O) groups excluding carboxylic acids is 2. The molecule has 13 heteroatoms. The molecule has 0 aromatic heterocycles. The van der Waals surface area contributed by atoms with Crippen molar-refractivity contribution in [3.05, 3.63) is 0 Å². The number of nitrogens with zero attached hydrogens (tertiary/aromatic N) is 1. The highest BCUT2D eigenvalue weighted by Gasteiger charge is 2.76. The number of halogens is 6. The third-order valence-corrected chi connectivity index (χ3v) is 4.19. The van der Waals surface area contributed by atoms with Crippen molar-refractivity contribution >= 4 is 17.6 Å². The average Bonchev–Trinajstić information content (AvgIpc) is 2.99. The number of alkyl halides is 6. The van der Waals surface area contributed by atoms with Gasteiger partial charge in [0.2, 0.25) is 0 Å². The molecule has 1 rings (SSSR count). The van der Waals surface area contributed by atoms with Crippen molar-refractivity contribution in [3.8, 4) is 0 Å². The van der Waals surface area contributed by atoms with Crippen LogP contribution in [0.25, 0.3) is 0 Å². The highest BCUT2D eigenvalue weighted by molar-refractivity contribution is 6.39. The summed E-state index contributed by atoms with van der Waals surface area (Å²) >= 11 is 0. The lowest BCUT2D eigenvalue weighted by atomic mass is 9.91. The predicted molar refractivity (Wildman–Crippen MR) is 95.8 cm³/mol. The number of hydrogen-bond acceptors (Lipinski definition) is 6. The van der Waals surface area contributed by atoms with E-state index in [0.717, 1.165) is 0 Å². The van der Waals surface area contributed by atoms with Gasteiger partial charge in [0.1, 0.15) is 11.3 Å². The SMILES string of the molecule is CC(C)C[C@@H](CC(=O)OC(C)(C)C)NC(=O)C1=NOC(C(O)(C(F)(F)F)C(F)(F)F)C1. The fourth-order valence-electron chi connectivity index (χ4n) is 2.88. The van der Waals surface area contributed by atoms with Crippen molar-refractivity contribution in [2.45, 2.75) is 89.6 Å². The summed E-state index contributed by atoms with van der Waals surface area (Å²) in [6.07, 6.45) is -16.3. The van der Waals surface area contributed by atoms with Gasteiger partial charge in [-0.2, -0.15) is 26.3 Å². The van der Waals surface area contributed by atoms with Crippen LogP contribution >= 0.6 is 0 Å². The molecule has 1 unspecified atom stereocenters. The second kappa shape index (κ2) is 9.21. The van der Waals surface area contributed by atoms with E-state index in [2.05, 4.69) is 15.3 Å². The molecule has 1 aliphatic rings. The summed E-state index contributed by atoms with van der Waals surface area (Å²) in [6.45, 7) is 8.47. The molecule has 180 valence electrons. The zero-order valence-corrected chi connectivity index (χ0v) is 17.6. The first-order chi connectivity index (χ1) is 13.8. The van der Waals surface area contributed by atoms with Crippen molar-refractivity contribution in [2.75, 3.05) is 0 Å². The van der Waals surface area contributed by atoms with E-state index in [-0.39, 0.29) is 18.8 Å². The molecule has 1 heterocycles. The van der Waals surface area contributed by atoms with E-state index in [0.29, 0.717) is 0 Å². The lowest BCUT2D eigenvalue weighted by Gasteiger charge is -2.35. The van der Waals surface area contributed by atoms with Crippen LogP contribution in [0.2, 0.25) is 0 Å². The second-order valence-corrected chi connectivity index (χ2v) is 8.69. The number of amides is 1. The normalized spacial score (nSPS) is 19.0. The predicted octanol–water partition coefficient (Wildman–Crippen LogP) is 3.25. The molecule has 0 fully saturated rings. The molecule has 0 aromatic carbocycles. The first-order valence-electron chi connectivity index (χ1n) is 9.39. The van der Waals surface area contributed by atoms with Gasteiger partial charge in [0.05, 0.1) is 6.42 Å². The summed E-state index contributed by atoms with van der Waals surface area (Å²) in [6, 6.07) is -0.812. The molecule has 0 aromatic rings. The molecule has 0 spiro atoms. The van der Waals surface area contributed by atoms with Crippen LogP contribution in [0.1, 0.15) is 53.9 Å². The van der Waals surface area contributed by atoms with E-state index >= 15 is 0 Å². The van der Waals surface area contributed by atoms with Gasteiger partial charge in [0, 0.05) is 12.5 Å². The molecule has 31 heavy (non-hydrogen) atoms. The van der Waals surface area contributed by atoms with Crippen LogP contribution < -0.4 is 5.32 Å². The number of carbonyl (C=O) groups is 2. The Balaban J connectivity index is 2.91. The van der Waals surface area contributed by atoms with E-state index in [1.165, 1.54) is 0 Å². The Morgan fingerprint density at radius 1 is 1.16 bits per heavy atom. The molecular weight excluding hydrogens is 438 g/mol. The molecule has 0 saturated carbocycles. The van der Waals surface area contributed by atoms with Gasteiger partial charge >= 0.3 is 18.3 Å². The highest BCUT2D eigenvalue weighted by Crippen LogP contribution is 2.48. The standard InChI is InChI=1S/C18H26F6N2O5/c1-9(2)6-10(7-13(27)30-15(3,4)5)25-14(28)11-8-12(31-26-11)16(29,17(19,20)21)18(22,23)24/h9-10,12,29H,6-8H2,1-5H3,(H,25,28)/t10-,12?/m0/s1. The summed E-state index contributed by atoms with van der Waals surface area (Å²) in [5.74, 6) is -1.77. The Hall–Kier alpha value is -2.05. The molecule has 0 bridgehead atoms. The summed E-state index contributed by atoms with van der Waals surface area (Å²) in [7, 11) is 0. The second-order valence-electron chi connectivity index (χ2n) is 8.69. The number of rotatable bonds is 7. The van der Waals surface area contributed by atoms with Gasteiger partial charge in [-0.05, 0) is 33.1 Å². The zero-order chi connectivity index (χ0) is 24.4. The third-order valence-electron chi connectivity index (χ3n) is 4.19. The summed E-state index contributed by atoms with van der Waals surface area (Å²) in [5.41, 5.74) is -6.77. The van der Waals surface area contributed by atoms with Gasteiger partial charge in [-0.1, -0.05) is 19.0 Å². The maximum atomic E-state index is 13.0. The summed E-state index contributed by atoms with van der Waals surface area (Å²) < 4.78 is 82.9. The van der Waals surface area contributed by atoms with E-state index in [1.807, 2.05) is 0 Å². The first kappa shape index (κ1) is 27.0. The highest BCUT2D eigenvalue weighted by atomic mass is 19.4. The maximum Gasteiger partial charge on any atom is 0.430 e. The van der Waals surface area contributed by atoms with Crippen molar-refractivity contribution in [2.24, 2.45) is 11.1 Å². The Labute approximate surface area is 175 Å². The minimum Gasteiger partial charge on any atom is -0.460 e. The van der Waals surface area contributed by atoms with Gasteiger partial charge in [-0.15, -0.1) is 0 Å². The molecule has 2 atom stereocenters. The van der Waals surface area contributed by atoms with Crippen molar-refractivity contribution in [1.29, 1.82) is 0 Å². The van der Waals surface area contributed by atoms with Crippen LogP contribution in [0.3, 0.4) is 0 Å². The Morgan fingerprint density at radius 3 is 2.10 bits per heavy atom. The van der Waals surface area contributed by atoms with Crippen LogP contribution in [0.5, 0.6) is 0 Å². The average molecular weight is 464 g/mol. The number of nitrogens with one attached hydrogen (secondary N) is 1. The van der Waals surface area contributed by atoms with Gasteiger partial charge in [-0.25, -0.2) is 0 Å². The number of ether oxygens (including phenoxy) is 1.